The standard InChI is InChI=1S/C11H21N3S/c1-5-13(6-2)8-10(4)14-7-9(3)12-11(14)15/h7,10H,5-6,8H2,1-4H3,(H,12,15). The van der Waals surface area contributed by atoms with Crippen molar-refractivity contribution in [2.24, 2.45) is 0 Å². The van der Waals surface area contributed by atoms with Crippen molar-refractivity contribution in [3.05, 3.63) is 16.7 Å². The molecule has 1 atom stereocenters. The van der Waals surface area contributed by atoms with E-state index in [-0.39, 0.29) is 0 Å². The van der Waals surface area contributed by atoms with Crippen LogP contribution in [0.4, 0.5) is 0 Å². The van der Waals surface area contributed by atoms with Gasteiger partial charge in [-0.2, -0.15) is 0 Å². The van der Waals surface area contributed by atoms with Crippen LogP contribution in [-0.4, -0.2) is 34.1 Å². The number of H-pyrrole nitrogens is 1. The average Bonchev–Trinajstić information content (AvgIpc) is 2.54. The molecule has 1 heterocycles. The summed E-state index contributed by atoms with van der Waals surface area (Å²) in [5, 5.41) is 0. The Morgan fingerprint density at radius 1 is 1.47 bits per heavy atom. The Kier molecular flexibility index (Phi) is 4.54. The van der Waals surface area contributed by atoms with Crippen LogP contribution >= 0.6 is 12.2 Å². The lowest BCUT2D eigenvalue weighted by Gasteiger charge is -2.23. The normalized spacial score (nSPS) is 13.4. The van der Waals surface area contributed by atoms with E-state index >= 15 is 0 Å². The van der Waals surface area contributed by atoms with Crippen LogP contribution in [0.25, 0.3) is 0 Å². The average molecular weight is 227 g/mol. The first-order valence-corrected chi connectivity index (χ1v) is 5.99. The van der Waals surface area contributed by atoms with Crippen molar-refractivity contribution in [1.82, 2.24) is 14.5 Å². The molecule has 0 spiro atoms. The van der Waals surface area contributed by atoms with Crippen molar-refractivity contribution in [2.45, 2.75) is 33.7 Å². The molecule has 1 unspecified atom stereocenters. The number of nitrogens with zero attached hydrogens (tertiary/aromatic N) is 2. The predicted molar refractivity (Wildman–Crippen MR) is 66.9 cm³/mol. The van der Waals surface area contributed by atoms with Crippen LogP contribution in [0.15, 0.2) is 6.20 Å². The fourth-order valence-corrected chi connectivity index (χ4v) is 2.20. The lowest BCUT2D eigenvalue weighted by Crippen LogP contribution is -2.29. The van der Waals surface area contributed by atoms with Crippen molar-refractivity contribution in [2.75, 3.05) is 19.6 Å². The van der Waals surface area contributed by atoms with Gasteiger partial charge in [0.25, 0.3) is 0 Å². The molecule has 1 rings (SSSR count). The third-order valence-electron chi connectivity index (χ3n) is 2.76. The van der Waals surface area contributed by atoms with Crippen LogP contribution < -0.4 is 0 Å². The Morgan fingerprint density at radius 2 is 2.07 bits per heavy atom. The quantitative estimate of drug-likeness (QED) is 0.782. The van der Waals surface area contributed by atoms with Crippen LogP contribution in [0.5, 0.6) is 0 Å². The van der Waals surface area contributed by atoms with Gasteiger partial charge in [0.1, 0.15) is 0 Å². The summed E-state index contributed by atoms with van der Waals surface area (Å²) in [6.07, 6.45) is 2.09. The van der Waals surface area contributed by atoms with Gasteiger partial charge in [-0.25, -0.2) is 0 Å². The molecular weight excluding hydrogens is 206 g/mol. The second-order valence-electron chi connectivity index (χ2n) is 3.98. The maximum Gasteiger partial charge on any atom is 0.177 e. The van der Waals surface area contributed by atoms with Crippen LogP contribution in [0.2, 0.25) is 0 Å². The molecule has 0 aliphatic heterocycles. The fourth-order valence-electron chi connectivity index (χ4n) is 1.80. The zero-order valence-electron chi connectivity index (χ0n) is 10.1. The summed E-state index contributed by atoms with van der Waals surface area (Å²) in [5.74, 6) is 0. The molecule has 0 fully saturated rings. The van der Waals surface area contributed by atoms with Gasteiger partial charge in [-0.05, 0) is 39.2 Å². The monoisotopic (exact) mass is 227 g/mol. The van der Waals surface area contributed by atoms with Crippen molar-refractivity contribution in [1.29, 1.82) is 0 Å². The van der Waals surface area contributed by atoms with E-state index < -0.39 is 0 Å². The molecule has 0 saturated carbocycles. The van der Waals surface area contributed by atoms with E-state index in [2.05, 4.69) is 41.4 Å². The summed E-state index contributed by atoms with van der Waals surface area (Å²) < 4.78 is 2.97. The minimum atomic E-state index is 0.433. The molecular formula is C11H21N3S. The van der Waals surface area contributed by atoms with E-state index in [0.717, 1.165) is 30.1 Å². The topological polar surface area (TPSA) is 24.0 Å². The van der Waals surface area contributed by atoms with Crippen molar-refractivity contribution >= 4 is 12.2 Å². The fraction of sp³-hybridized carbons (Fsp3) is 0.727. The van der Waals surface area contributed by atoms with Crippen molar-refractivity contribution < 1.29 is 0 Å². The molecule has 15 heavy (non-hydrogen) atoms. The summed E-state index contributed by atoms with van der Waals surface area (Å²) in [6.45, 7) is 11.9. The highest BCUT2D eigenvalue weighted by Crippen LogP contribution is 2.10. The molecule has 0 amide bonds. The van der Waals surface area contributed by atoms with Gasteiger partial charge in [0.2, 0.25) is 0 Å². The maximum atomic E-state index is 5.26. The summed E-state index contributed by atoms with van der Waals surface area (Å²) in [6, 6.07) is 0.433. The van der Waals surface area contributed by atoms with E-state index in [9.17, 15) is 0 Å². The molecule has 86 valence electrons. The van der Waals surface area contributed by atoms with Gasteiger partial charge in [0.15, 0.2) is 4.77 Å². The predicted octanol–water partition coefficient (Wildman–Crippen LogP) is 2.76. The lowest BCUT2D eigenvalue weighted by molar-refractivity contribution is 0.260. The Morgan fingerprint density at radius 3 is 2.47 bits per heavy atom. The first-order chi connectivity index (χ1) is 7.08. The van der Waals surface area contributed by atoms with Gasteiger partial charge in [0, 0.05) is 24.5 Å². The second kappa shape index (κ2) is 5.47. The maximum absolute atomic E-state index is 5.26. The molecule has 4 heteroatoms. The smallest absolute Gasteiger partial charge is 0.177 e. The lowest BCUT2D eigenvalue weighted by atomic mass is 10.3. The number of aromatic amines is 1. The van der Waals surface area contributed by atoms with E-state index in [1.165, 1.54) is 0 Å². The minimum Gasteiger partial charge on any atom is -0.335 e. The number of likely N-dealkylation sites (N-methyl/N-ethyl adjacent to an activating group) is 1. The molecule has 0 aliphatic rings. The minimum absolute atomic E-state index is 0.433. The van der Waals surface area contributed by atoms with Gasteiger partial charge >= 0.3 is 0 Å². The van der Waals surface area contributed by atoms with Gasteiger partial charge in [-0.15, -0.1) is 0 Å². The summed E-state index contributed by atoms with van der Waals surface area (Å²) in [4.78, 5) is 5.57. The van der Waals surface area contributed by atoms with Gasteiger partial charge in [-0.3, -0.25) is 0 Å². The molecule has 1 N–H and O–H groups in total. The number of nitrogens with one attached hydrogen (secondary N) is 1. The molecule has 0 bridgehead atoms. The number of hydrogen-bond donors (Lipinski definition) is 1. The zero-order chi connectivity index (χ0) is 11.4. The third-order valence-corrected chi connectivity index (χ3v) is 3.08. The van der Waals surface area contributed by atoms with Crippen LogP contribution in [0.3, 0.4) is 0 Å². The van der Waals surface area contributed by atoms with Crippen molar-refractivity contribution in [3.8, 4) is 0 Å². The highest BCUT2D eigenvalue weighted by Gasteiger charge is 2.09. The molecule has 3 nitrogen and oxygen atoms in total. The number of imidazole rings is 1. The Hall–Kier alpha value is -0.610. The molecule has 0 saturated heterocycles. The number of rotatable bonds is 5. The summed E-state index contributed by atoms with van der Waals surface area (Å²) >= 11 is 5.26. The molecule has 0 aromatic carbocycles. The Balaban J connectivity index is 2.72. The second-order valence-corrected chi connectivity index (χ2v) is 4.37. The number of aromatic nitrogens is 2. The first kappa shape index (κ1) is 12.5. The van der Waals surface area contributed by atoms with E-state index in [0.29, 0.717) is 6.04 Å². The van der Waals surface area contributed by atoms with Crippen LogP contribution in [0, 0.1) is 11.7 Å². The molecule has 0 radical (unpaired) electrons. The Labute approximate surface area is 97.1 Å². The van der Waals surface area contributed by atoms with Crippen LogP contribution in [0.1, 0.15) is 32.5 Å². The first-order valence-electron chi connectivity index (χ1n) is 5.58. The third kappa shape index (κ3) is 3.18. The molecule has 0 aliphatic carbocycles. The van der Waals surface area contributed by atoms with E-state index in [1.807, 2.05) is 6.92 Å². The van der Waals surface area contributed by atoms with Gasteiger partial charge in [-0.1, -0.05) is 13.8 Å². The number of aryl methyl sites for hydroxylation is 1. The zero-order valence-corrected chi connectivity index (χ0v) is 10.9. The highest BCUT2D eigenvalue weighted by atomic mass is 32.1. The van der Waals surface area contributed by atoms with Crippen molar-refractivity contribution in [3.63, 3.8) is 0 Å². The van der Waals surface area contributed by atoms with E-state index in [4.69, 9.17) is 12.2 Å². The molecule has 1 aromatic rings. The largest absolute Gasteiger partial charge is 0.335 e. The summed E-state index contributed by atoms with van der Waals surface area (Å²) in [5.41, 5.74) is 1.13. The molecule has 1 aromatic heterocycles. The Bertz CT molecular complexity index is 349. The summed E-state index contributed by atoms with van der Waals surface area (Å²) in [7, 11) is 0. The van der Waals surface area contributed by atoms with Crippen LogP contribution in [-0.2, 0) is 0 Å². The number of hydrogen-bond acceptors (Lipinski definition) is 2. The van der Waals surface area contributed by atoms with Gasteiger partial charge in [0.05, 0.1) is 0 Å². The van der Waals surface area contributed by atoms with Gasteiger partial charge < -0.3 is 14.5 Å². The highest BCUT2D eigenvalue weighted by molar-refractivity contribution is 7.71. The van der Waals surface area contributed by atoms with E-state index in [1.54, 1.807) is 0 Å². The SMILES string of the molecule is CCN(CC)CC(C)n1cc(C)[nH]c1=S.